The summed E-state index contributed by atoms with van der Waals surface area (Å²) in [6.45, 7) is 6.50. The van der Waals surface area contributed by atoms with Crippen molar-refractivity contribution in [2.24, 2.45) is 0 Å². The average molecular weight is 268 g/mol. The third-order valence-corrected chi connectivity index (χ3v) is 3.99. The van der Waals surface area contributed by atoms with E-state index in [4.69, 9.17) is 0 Å². The smallest absolute Gasteiger partial charge is 0.0858 e. The zero-order chi connectivity index (χ0) is 14.5. The lowest BCUT2D eigenvalue weighted by Crippen LogP contribution is -2.10. The quantitative estimate of drug-likeness (QED) is 0.805. The summed E-state index contributed by atoms with van der Waals surface area (Å²) < 4.78 is 0. The summed E-state index contributed by atoms with van der Waals surface area (Å²) in [4.78, 5) is 0. The molecule has 0 saturated heterocycles. The minimum Gasteiger partial charge on any atom is -0.388 e. The highest BCUT2D eigenvalue weighted by Crippen LogP contribution is 2.33. The Balaban J connectivity index is 2.22. The topological polar surface area (TPSA) is 20.2 Å². The van der Waals surface area contributed by atoms with Gasteiger partial charge >= 0.3 is 0 Å². The van der Waals surface area contributed by atoms with Crippen LogP contribution in [0.2, 0.25) is 0 Å². The molecule has 0 heterocycles. The van der Waals surface area contributed by atoms with Gasteiger partial charge < -0.3 is 5.11 Å². The molecule has 0 saturated carbocycles. The van der Waals surface area contributed by atoms with Gasteiger partial charge in [0, 0.05) is 5.92 Å². The molecule has 0 radical (unpaired) electrons. The van der Waals surface area contributed by atoms with Crippen molar-refractivity contribution in [2.45, 2.75) is 45.1 Å². The van der Waals surface area contributed by atoms with Gasteiger partial charge in [0.2, 0.25) is 0 Å². The van der Waals surface area contributed by atoms with E-state index in [0.717, 1.165) is 12.0 Å². The number of rotatable bonds is 5. The fourth-order valence-corrected chi connectivity index (χ4v) is 2.65. The van der Waals surface area contributed by atoms with Crippen molar-refractivity contribution in [3.63, 3.8) is 0 Å². The summed E-state index contributed by atoms with van der Waals surface area (Å²) in [6, 6.07) is 18.7. The first kappa shape index (κ1) is 14.8. The SMILES string of the molecule is CCC(c1ccccc1)C(O)c1ccc(C(C)C)cc1. The van der Waals surface area contributed by atoms with E-state index in [1.807, 2.05) is 18.2 Å². The molecule has 2 aromatic rings. The number of aliphatic hydroxyl groups excluding tert-OH is 1. The third kappa shape index (κ3) is 3.29. The van der Waals surface area contributed by atoms with Gasteiger partial charge in [0.05, 0.1) is 6.10 Å². The van der Waals surface area contributed by atoms with Crippen molar-refractivity contribution in [1.82, 2.24) is 0 Å². The Hall–Kier alpha value is -1.60. The van der Waals surface area contributed by atoms with Gasteiger partial charge in [-0.1, -0.05) is 75.4 Å². The Kier molecular flexibility index (Phi) is 4.97. The highest BCUT2D eigenvalue weighted by Gasteiger charge is 2.20. The van der Waals surface area contributed by atoms with E-state index in [2.05, 4.69) is 57.2 Å². The molecule has 20 heavy (non-hydrogen) atoms. The van der Waals surface area contributed by atoms with Gasteiger partial charge in [-0.25, -0.2) is 0 Å². The summed E-state index contributed by atoms with van der Waals surface area (Å²) in [5.74, 6) is 0.679. The summed E-state index contributed by atoms with van der Waals surface area (Å²) in [7, 11) is 0. The molecule has 1 heteroatoms. The zero-order valence-electron chi connectivity index (χ0n) is 12.6. The Morgan fingerprint density at radius 2 is 1.35 bits per heavy atom. The first-order chi connectivity index (χ1) is 9.63. The second-order valence-electron chi connectivity index (χ2n) is 5.69. The first-order valence-electron chi connectivity index (χ1n) is 7.46. The maximum atomic E-state index is 10.7. The van der Waals surface area contributed by atoms with E-state index in [1.54, 1.807) is 0 Å². The molecular formula is C19H24O. The maximum Gasteiger partial charge on any atom is 0.0858 e. The minimum atomic E-state index is -0.441. The molecule has 1 nitrogen and oxygen atoms in total. The Morgan fingerprint density at radius 3 is 1.85 bits per heavy atom. The number of benzene rings is 2. The fourth-order valence-electron chi connectivity index (χ4n) is 2.65. The molecule has 1 N–H and O–H groups in total. The number of hydrogen-bond acceptors (Lipinski definition) is 1. The second kappa shape index (κ2) is 6.71. The lowest BCUT2D eigenvalue weighted by molar-refractivity contribution is 0.142. The molecule has 0 spiro atoms. The normalized spacial score (nSPS) is 14.2. The monoisotopic (exact) mass is 268 g/mol. The number of aliphatic hydroxyl groups is 1. The Morgan fingerprint density at radius 1 is 0.800 bits per heavy atom. The van der Waals surface area contributed by atoms with E-state index >= 15 is 0 Å². The first-order valence-corrected chi connectivity index (χ1v) is 7.46. The van der Waals surface area contributed by atoms with Crippen molar-refractivity contribution in [1.29, 1.82) is 0 Å². The van der Waals surface area contributed by atoms with Crippen LogP contribution in [-0.4, -0.2) is 5.11 Å². The van der Waals surface area contributed by atoms with Gasteiger partial charge in [-0.15, -0.1) is 0 Å². The molecule has 0 aliphatic heterocycles. The number of hydrogen-bond donors (Lipinski definition) is 1. The van der Waals surface area contributed by atoms with Crippen LogP contribution < -0.4 is 0 Å². The summed E-state index contributed by atoms with van der Waals surface area (Å²) >= 11 is 0. The van der Waals surface area contributed by atoms with Crippen LogP contribution >= 0.6 is 0 Å². The Bertz CT molecular complexity index is 513. The maximum absolute atomic E-state index is 10.7. The van der Waals surface area contributed by atoms with Crippen LogP contribution in [0.25, 0.3) is 0 Å². The standard InChI is InChI=1S/C19H24O/c1-4-18(16-8-6-5-7-9-16)19(20)17-12-10-15(11-13-17)14(2)3/h5-14,18-20H,4H2,1-3H3. The van der Waals surface area contributed by atoms with Crippen molar-refractivity contribution in [3.8, 4) is 0 Å². The van der Waals surface area contributed by atoms with E-state index in [1.165, 1.54) is 11.1 Å². The lowest BCUT2D eigenvalue weighted by atomic mass is 9.86. The molecule has 106 valence electrons. The molecule has 0 aliphatic carbocycles. The second-order valence-corrected chi connectivity index (χ2v) is 5.69. The molecule has 0 amide bonds. The van der Waals surface area contributed by atoms with Crippen LogP contribution in [0.3, 0.4) is 0 Å². The molecule has 0 aliphatic rings. The predicted octanol–water partition coefficient (Wildman–Crippen LogP) is 5.04. The summed E-state index contributed by atoms with van der Waals surface area (Å²) in [6.07, 6.45) is 0.487. The molecule has 0 bridgehead atoms. The van der Waals surface area contributed by atoms with Gasteiger partial charge in [-0.05, 0) is 29.0 Å². The van der Waals surface area contributed by atoms with E-state index < -0.39 is 6.10 Å². The highest BCUT2D eigenvalue weighted by molar-refractivity contribution is 5.30. The lowest BCUT2D eigenvalue weighted by Gasteiger charge is -2.23. The van der Waals surface area contributed by atoms with Crippen molar-refractivity contribution >= 4 is 0 Å². The highest BCUT2D eigenvalue weighted by atomic mass is 16.3. The largest absolute Gasteiger partial charge is 0.388 e. The molecular weight excluding hydrogens is 244 g/mol. The molecule has 2 aromatic carbocycles. The molecule has 2 unspecified atom stereocenters. The van der Waals surface area contributed by atoms with E-state index in [-0.39, 0.29) is 5.92 Å². The van der Waals surface area contributed by atoms with Crippen LogP contribution in [0.15, 0.2) is 54.6 Å². The molecule has 0 aromatic heterocycles. The van der Waals surface area contributed by atoms with Crippen LogP contribution in [0, 0.1) is 0 Å². The van der Waals surface area contributed by atoms with Crippen LogP contribution in [0.5, 0.6) is 0 Å². The van der Waals surface area contributed by atoms with Gasteiger partial charge in [-0.2, -0.15) is 0 Å². The fraction of sp³-hybridized carbons (Fsp3) is 0.368. The van der Waals surface area contributed by atoms with E-state index in [9.17, 15) is 5.11 Å². The average Bonchev–Trinajstić information content (AvgIpc) is 2.49. The van der Waals surface area contributed by atoms with Crippen molar-refractivity contribution < 1.29 is 5.11 Å². The van der Waals surface area contributed by atoms with Crippen LogP contribution in [-0.2, 0) is 0 Å². The van der Waals surface area contributed by atoms with Gasteiger partial charge in [0.15, 0.2) is 0 Å². The summed E-state index contributed by atoms with van der Waals surface area (Å²) in [5, 5.41) is 10.7. The van der Waals surface area contributed by atoms with Gasteiger partial charge in [0.25, 0.3) is 0 Å². The van der Waals surface area contributed by atoms with Gasteiger partial charge in [0.1, 0.15) is 0 Å². The van der Waals surface area contributed by atoms with Crippen molar-refractivity contribution in [3.05, 3.63) is 71.3 Å². The van der Waals surface area contributed by atoms with Crippen LogP contribution in [0.4, 0.5) is 0 Å². The zero-order valence-corrected chi connectivity index (χ0v) is 12.6. The summed E-state index contributed by atoms with van der Waals surface area (Å²) in [5.41, 5.74) is 3.52. The molecule has 0 fully saturated rings. The van der Waals surface area contributed by atoms with Crippen molar-refractivity contribution in [2.75, 3.05) is 0 Å². The van der Waals surface area contributed by atoms with Gasteiger partial charge in [-0.3, -0.25) is 0 Å². The minimum absolute atomic E-state index is 0.154. The Labute approximate surface area is 122 Å². The molecule has 2 rings (SSSR count). The van der Waals surface area contributed by atoms with Crippen LogP contribution in [0.1, 0.15) is 61.8 Å². The molecule has 2 atom stereocenters. The third-order valence-electron chi connectivity index (χ3n) is 3.99. The predicted molar refractivity (Wildman–Crippen MR) is 85.0 cm³/mol. The van der Waals surface area contributed by atoms with E-state index in [0.29, 0.717) is 5.92 Å².